The molecule has 16 heavy (non-hydrogen) atoms. The Morgan fingerprint density at radius 1 is 1.31 bits per heavy atom. The van der Waals surface area contributed by atoms with Crippen LogP contribution in [0.4, 0.5) is 0 Å². The Bertz CT molecular complexity index is 284. The van der Waals surface area contributed by atoms with Crippen LogP contribution in [-0.4, -0.2) is 24.8 Å². The zero-order valence-corrected chi connectivity index (χ0v) is 9.95. The van der Waals surface area contributed by atoms with Crippen LogP contribution in [0, 0.1) is 0 Å². The molecule has 0 aromatic heterocycles. The summed E-state index contributed by atoms with van der Waals surface area (Å²) in [4.78, 5) is 0. The molecule has 0 aliphatic carbocycles. The summed E-state index contributed by atoms with van der Waals surface area (Å²) in [6.45, 7) is 3.75. The molecular formula is C13H22N2O. The van der Waals surface area contributed by atoms with Crippen LogP contribution in [0.1, 0.15) is 30.5 Å². The molecule has 0 amide bonds. The maximum absolute atomic E-state index is 8.72. The molecule has 0 heterocycles. The Labute approximate surface area is 97.7 Å². The first-order valence-corrected chi connectivity index (χ1v) is 5.95. The molecule has 90 valence electrons. The van der Waals surface area contributed by atoms with Crippen molar-refractivity contribution in [3.8, 4) is 0 Å². The van der Waals surface area contributed by atoms with Crippen molar-refractivity contribution in [2.24, 2.45) is 5.73 Å². The van der Waals surface area contributed by atoms with Crippen molar-refractivity contribution in [3.63, 3.8) is 0 Å². The van der Waals surface area contributed by atoms with Gasteiger partial charge in [0.15, 0.2) is 0 Å². The second kappa shape index (κ2) is 7.39. The van der Waals surface area contributed by atoms with E-state index < -0.39 is 0 Å². The van der Waals surface area contributed by atoms with Gasteiger partial charge in [-0.05, 0) is 30.5 Å². The SMILES string of the molecule is CCc1ccc(C(CN)NCCCO)cc1. The highest BCUT2D eigenvalue weighted by molar-refractivity contribution is 5.25. The lowest BCUT2D eigenvalue weighted by Gasteiger charge is -2.17. The van der Waals surface area contributed by atoms with Gasteiger partial charge >= 0.3 is 0 Å². The number of nitrogens with two attached hydrogens (primary N) is 1. The minimum absolute atomic E-state index is 0.192. The maximum atomic E-state index is 8.72. The van der Waals surface area contributed by atoms with Gasteiger partial charge < -0.3 is 16.2 Å². The fourth-order valence-corrected chi connectivity index (χ4v) is 1.68. The van der Waals surface area contributed by atoms with Gasteiger partial charge in [-0.2, -0.15) is 0 Å². The smallest absolute Gasteiger partial charge is 0.0444 e. The van der Waals surface area contributed by atoms with Gasteiger partial charge in [-0.3, -0.25) is 0 Å². The van der Waals surface area contributed by atoms with Gasteiger partial charge in [0.05, 0.1) is 0 Å². The minimum Gasteiger partial charge on any atom is -0.396 e. The Balaban J connectivity index is 2.56. The van der Waals surface area contributed by atoms with Crippen LogP contribution in [0.15, 0.2) is 24.3 Å². The van der Waals surface area contributed by atoms with Crippen LogP contribution in [0.3, 0.4) is 0 Å². The summed E-state index contributed by atoms with van der Waals surface area (Å²) < 4.78 is 0. The van der Waals surface area contributed by atoms with Crippen molar-refractivity contribution < 1.29 is 5.11 Å². The number of nitrogens with one attached hydrogen (secondary N) is 1. The molecule has 0 bridgehead atoms. The van der Waals surface area contributed by atoms with Gasteiger partial charge in [-0.15, -0.1) is 0 Å². The lowest BCUT2D eigenvalue weighted by Crippen LogP contribution is -2.29. The van der Waals surface area contributed by atoms with E-state index in [9.17, 15) is 0 Å². The van der Waals surface area contributed by atoms with E-state index in [1.807, 2.05) is 0 Å². The number of aliphatic hydroxyl groups excluding tert-OH is 1. The Kier molecular flexibility index (Phi) is 6.08. The highest BCUT2D eigenvalue weighted by Gasteiger charge is 2.07. The lowest BCUT2D eigenvalue weighted by molar-refractivity contribution is 0.283. The van der Waals surface area contributed by atoms with E-state index >= 15 is 0 Å². The minimum atomic E-state index is 0.192. The molecule has 4 N–H and O–H groups in total. The first-order chi connectivity index (χ1) is 7.81. The third kappa shape index (κ3) is 3.93. The number of benzene rings is 1. The second-order valence-electron chi connectivity index (χ2n) is 3.91. The van der Waals surface area contributed by atoms with Crippen LogP contribution in [0.5, 0.6) is 0 Å². The zero-order chi connectivity index (χ0) is 11.8. The van der Waals surface area contributed by atoms with Gasteiger partial charge in [0.25, 0.3) is 0 Å². The molecule has 0 aliphatic rings. The zero-order valence-electron chi connectivity index (χ0n) is 9.95. The number of aryl methyl sites for hydroxylation is 1. The van der Waals surface area contributed by atoms with Crippen LogP contribution in [0.25, 0.3) is 0 Å². The molecule has 0 saturated carbocycles. The second-order valence-corrected chi connectivity index (χ2v) is 3.91. The van der Waals surface area contributed by atoms with Crippen molar-refractivity contribution in [2.45, 2.75) is 25.8 Å². The highest BCUT2D eigenvalue weighted by atomic mass is 16.3. The number of rotatable bonds is 7. The molecule has 0 spiro atoms. The Hall–Kier alpha value is -0.900. The normalized spacial score (nSPS) is 12.7. The number of hydrogen-bond acceptors (Lipinski definition) is 3. The fourth-order valence-electron chi connectivity index (χ4n) is 1.68. The summed E-state index contributed by atoms with van der Waals surface area (Å²) in [5.74, 6) is 0. The quantitative estimate of drug-likeness (QED) is 0.608. The lowest BCUT2D eigenvalue weighted by atomic mass is 10.0. The topological polar surface area (TPSA) is 58.3 Å². The summed E-state index contributed by atoms with van der Waals surface area (Å²) in [5.41, 5.74) is 8.30. The van der Waals surface area contributed by atoms with Gasteiger partial charge in [-0.25, -0.2) is 0 Å². The molecule has 1 atom stereocenters. The third-order valence-electron chi connectivity index (χ3n) is 2.75. The number of aliphatic hydroxyl groups is 1. The van der Waals surface area contributed by atoms with E-state index in [4.69, 9.17) is 10.8 Å². The summed E-state index contributed by atoms with van der Waals surface area (Å²) in [6, 6.07) is 8.74. The summed E-state index contributed by atoms with van der Waals surface area (Å²) in [5, 5.41) is 12.1. The molecule has 0 aliphatic heterocycles. The molecular weight excluding hydrogens is 200 g/mol. The monoisotopic (exact) mass is 222 g/mol. The standard InChI is InChI=1S/C13H22N2O/c1-2-11-4-6-12(7-5-11)13(10-14)15-8-3-9-16/h4-7,13,15-16H,2-3,8-10,14H2,1H3. The van der Waals surface area contributed by atoms with E-state index in [0.29, 0.717) is 6.54 Å². The summed E-state index contributed by atoms with van der Waals surface area (Å²) in [6.07, 6.45) is 1.83. The van der Waals surface area contributed by atoms with E-state index in [0.717, 1.165) is 19.4 Å². The van der Waals surface area contributed by atoms with Crippen molar-refractivity contribution in [3.05, 3.63) is 35.4 Å². The van der Waals surface area contributed by atoms with Crippen LogP contribution < -0.4 is 11.1 Å². The van der Waals surface area contributed by atoms with Crippen LogP contribution in [-0.2, 0) is 6.42 Å². The predicted molar refractivity (Wildman–Crippen MR) is 67.3 cm³/mol. The molecule has 1 aromatic carbocycles. The largest absolute Gasteiger partial charge is 0.396 e. The molecule has 3 nitrogen and oxygen atoms in total. The first kappa shape index (κ1) is 13.2. The van der Waals surface area contributed by atoms with Crippen molar-refractivity contribution in [1.82, 2.24) is 5.32 Å². The van der Waals surface area contributed by atoms with E-state index in [1.54, 1.807) is 0 Å². The van der Waals surface area contributed by atoms with E-state index in [-0.39, 0.29) is 12.6 Å². The summed E-state index contributed by atoms with van der Waals surface area (Å²) >= 11 is 0. The molecule has 0 radical (unpaired) electrons. The fraction of sp³-hybridized carbons (Fsp3) is 0.538. The van der Waals surface area contributed by atoms with Gasteiger partial charge in [-0.1, -0.05) is 31.2 Å². The Morgan fingerprint density at radius 2 is 2.00 bits per heavy atom. The molecule has 1 unspecified atom stereocenters. The van der Waals surface area contributed by atoms with Crippen LogP contribution in [0.2, 0.25) is 0 Å². The summed E-state index contributed by atoms with van der Waals surface area (Å²) in [7, 11) is 0. The molecule has 1 aromatic rings. The predicted octanol–water partition coefficient (Wildman–Crippen LogP) is 1.22. The molecule has 3 heteroatoms. The molecule has 0 saturated heterocycles. The van der Waals surface area contributed by atoms with Gasteiger partial charge in [0.2, 0.25) is 0 Å². The third-order valence-corrected chi connectivity index (χ3v) is 2.75. The van der Waals surface area contributed by atoms with Crippen molar-refractivity contribution in [1.29, 1.82) is 0 Å². The van der Waals surface area contributed by atoms with E-state index in [1.165, 1.54) is 11.1 Å². The molecule has 1 rings (SSSR count). The van der Waals surface area contributed by atoms with Gasteiger partial charge in [0, 0.05) is 19.2 Å². The van der Waals surface area contributed by atoms with Crippen molar-refractivity contribution in [2.75, 3.05) is 19.7 Å². The first-order valence-electron chi connectivity index (χ1n) is 5.95. The Morgan fingerprint density at radius 3 is 2.50 bits per heavy atom. The highest BCUT2D eigenvalue weighted by Crippen LogP contribution is 2.13. The average Bonchev–Trinajstić information content (AvgIpc) is 2.35. The van der Waals surface area contributed by atoms with Crippen LogP contribution >= 0.6 is 0 Å². The molecule has 0 fully saturated rings. The number of hydrogen-bond donors (Lipinski definition) is 3. The van der Waals surface area contributed by atoms with Gasteiger partial charge in [0.1, 0.15) is 0 Å². The average molecular weight is 222 g/mol. The van der Waals surface area contributed by atoms with Crippen molar-refractivity contribution >= 4 is 0 Å². The van der Waals surface area contributed by atoms with E-state index in [2.05, 4.69) is 36.5 Å². The maximum Gasteiger partial charge on any atom is 0.0444 e.